The molecule has 152 valence electrons. The van der Waals surface area contributed by atoms with Crippen molar-refractivity contribution in [3.8, 4) is 5.75 Å². The van der Waals surface area contributed by atoms with Gasteiger partial charge in [-0.2, -0.15) is 0 Å². The number of hydrogen-bond acceptors (Lipinski definition) is 5. The van der Waals surface area contributed by atoms with E-state index in [0.717, 1.165) is 24.1 Å². The Kier molecular flexibility index (Phi) is 6.84. The molecule has 2 amide bonds. The van der Waals surface area contributed by atoms with Gasteiger partial charge in [0.25, 0.3) is 5.91 Å². The zero-order valence-electron chi connectivity index (χ0n) is 16.3. The first-order chi connectivity index (χ1) is 14.0. The highest BCUT2D eigenvalue weighted by Gasteiger charge is 2.20. The van der Waals surface area contributed by atoms with Crippen LogP contribution in [0.4, 0.5) is 0 Å². The lowest BCUT2D eigenvalue weighted by Crippen LogP contribution is -2.28. The number of nitrogens with one attached hydrogen (secondary N) is 1. The Morgan fingerprint density at radius 3 is 2.59 bits per heavy atom. The lowest BCUT2D eigenvalue weighted by molar-refractivity contribution is -0.128. The summed E-state index contributed by atoms with van der Waals surface area (Å²) in [5.74, 6) is -0.0789. The van der Waals surface area contributed by atoms with Crippen molar-refractivity contribution in [2.75, 3.05) is 20.3 Å². The molecule has 1 fully saturated rings. The van der Waals surface area contributed by atoms with Gasteiger partial charge in [-0.05, 0) is 41.8 Å². The number of esters is 1. The summed E-state index contributed by atoms with van der Waals surface area (Å²) in [6, 6.07) is 14.2. The van der Waals surface area contributed by atoms with Gasteiger partial charge in [-0.1, -0.05) is 24.3 Å². The molecular formula is C22H24N2O5. The number of hydrogen-bond donors (Lipinski definition) is 1. The third kappa shape index (κ3) is 5.81. The molecule has 1 N–H and O–H groups in total. The third-order valence-electron chi connectivity index (χ3n) is 4.69. The number of rotatable bonds is 8. The minimum Gasteiger partial charge on any atom is -0.497 e. The number of methoxy groups -OCH3 is 1. The van der Waals surface area contributed by atoms with Crippen molar-refractivity contribution in [1.29, 1.82) is 0 Å². The van der Waals surface area contributed by atoms with E-state index in [2.05, 4.69) is 5.32 Å². The van der Waals surface area contributed by atoms with Gasteiger partial charge in [0.1, 0.15) is 5.75 Å². The van der Waals surface area contributed by atoms with Crippen molar-refractivity contribution in [3.63, 3.8) is 0 Å². The van der Waals surface area contributed by atoms with Crippen LogP contribution in [-0.4, -0.2) is 42.9 Å². The van der Waals surface area contributed by atoms with Gasteiger partial charge in [-0.15, -0.1) is 0 Å². The van der Waals surface area contributed by atoms with Crippen molar-refractivity contribution >= 4 is 17.8 Å². The maximum atomic E-state index is 12.1. The summed E-state index contributed by atoms with van der Waals surface area (Å²) in [4.78, 5) is 37.6. The fourth-order valence-corrected chi connectivity index (χ4v) is 3.09. The third-order valence-corrected chi connectivity index (χ3v) is 4.69. The summed E-state index contributed by atoms with van der Waals surface area (Å²) in [5.41, 5.74) is 2.20. The number of carbonyl (C=O) groups excluding carboxylic acids is 3. The monoisotopic (exact) mass is 396 g/mol. The van der Waals surface area contributed by atoms with E-state index in [4.69, 9.17) is 9.47 Å². The van der Waals surface area contributed by atoms with Crippen molar-refractivity contribution in [2.24, 2.45) is 0 Å². The molecule has 0 atom stereocenters. The first-order valence-corrected chi connectivity index (χ1v) is 9.48. The minimum absolute atomic E-state index is 0.161. The normalized spacial score (nSPS) is 13.3. The van der Waals surface area contributed by atoms with Crippen LogP contribution in [0.3, 0.4) is 0 Å². The van der Waals surface area contributed by atoms with Crippen molar-refractivity contribution in [3.05, 3.63) is 65.2 Å². The van der Waals surface area contributed by atoms with Crippen LogP contribution >= 0.6 is 0 Å². The summed E-state index contributed by atoms with van der Waals surface area (Å²) >= 11 is 0. The fraction of sp³-hybridized carbons (Fsp3) is 0.318. The molecular weight excluding hydrogens is 372 g/mol. The maximum absolute atomic E-state index is 12.1. The Morgan fingerprint density at radius 2 is 1.90 bits per heavy atom. The predicted octanol–water partition coefficient (Wildman–Crippen LogP) is 2.29. The summed E-state index contributed by atoms with van der Waals surface area (Å²) in [5, 5.41) is 2.70. The van der Waals surface area contributed by atoms with Gasteiger partial charge in [-0.3, -0.25) is 9.59 Å². The maximum Gasteiger partial charge on any atom is 0.338 e. The van der Waals surface area contributed by atoms with Crippen LogP contribution < -0.4 is 10.1 Å². The molecule has 7 heteroatoms. The van der Waals surface area contributed by atoms with Crippen LogP contribution in [0.1, 0.15) is 34.3 Å². The van der Waals surface area contributed by atoms with Crippen LogP contribution in [0.2, 0.25) is 0 Å². The standard InChI is InChI=1S/C22H24N2O5/c1-28-19-5-2-4-17(12-19)13-23-20(25)15-29-22(27)18-9-7-16(8-10-18)14-24-11-3-6-21(24)26/h2,4-5,7-10,12H,3,6,11,13-15H2,1H3,(H,23,25). The van der Waals surface area contributed by atoms with Crippen LogP contribution in [-0.2, 0) is 27.4 Å². The largest absolute Gasteiger partial charge is 0.497 e. The van der Waals surface area contributed by atoms with E-state index < -0.39 is 5.97 Å². The van der Waals surface area contributed by atoms with E-state index in [9.17, 15) is 14.4 Å². The van der Waals surface area contributed by atoms with Gasteiger partial charge in [0.15, 0.2) is 6.61 Å². The van der Waals surface area contributed by atoms with E-state index in [1.165, 1.54) is 0 Å². The molecule has 0 spiro atoms. The first kappa shape index (κ1) is 20.4. The van der Waals surface area contributed by atoms with Crippen LogP contribution in [0.5, 0.6) is 5.75 Å². The highest BCUT2D eigenvalue weighted by atomic mass is 16.5. The van der Waals surface area contributed by atoms with Crippen LogP contribution in [0, 0.1) is 0 Å². The molecule has 1 saturated heterocycles. The molecule has 7 nitrogen and oxygen atoms in total. The smallest absolute Gasteiger partial charge is 0.338 e. The number of carbonyl (C=O) groups is 3. The average molecular weight is 396 g/mol. The molecule has 3 rings (SSSR count). The van der Waals surface area contributed by atoms with Crippen molar-refractivity contribution in [1.82, 2.24) is 10.2 Å². The zero-order chi connectivity index (χ0) is 20.6. The molecule has 0 unspecified atom stereocenters. The average Bonchev–Trinajstić information content (AvgIpc) is 3.15. The van der Waals surface area contributed by atoms with Gasteiger partial charge in [0.2, 0.25) is 5.91 Å². The molecule has 1 aliphatic heterocycles. The lowest BCUT2D eigenvalue weighted by atomic mass is 10.1. The number of likely N-dealkylation sites (tertiary alicyclic amines) is 1. The highest BCUT2D eigenvalue weighted by Crippen LogP contribution is 2.15. The molecule has 0 aromatic heterocycles. The molecule has 0 radical (unpaired) electrons. The lowest BCUT2D eigenvalue weighted by Gasteiger charge is -2.15. The second kappa shape index (κ2) is 9.73. The van der Waals surface area contributed by atoms with Crippen molar-refractivity contribution < 1.29 is 23.9 Å². The Hall–Kier alpha value is -3.35. The van der Waals surface area contributed by atoms with Gasteiger partial charge in [0, 0.05) is 26.1 Å². The Labute approximate surface area is 169 Å². The predicted molar refractivity (Wildman–Crippen MR) is 106 cm³/mol. The second-order valence-corrected chi connectivity index (χ2v) is 6.82. The highest BCUT2D eigenvalue weighted by molar-refractivity contribution is 5.91. The zero-order valence-corrected chi connectivity index (χ0v) is 16.3. The molecule has 0 saturated carbocycles. The first-order valence-electron chi connectivity index (χ1n) is 9.48. The SMILES string of the molecule is COc1cccc(CNC(=O)COC(=O)c2ccc(CN3CCCC3=O)cc2)c1. The van der Waals surface area contributed by atoms with Crippen LogP contribution in [0.25, 0.3) is 0 Å². The Bertz CT molecular complexity index is 879. The summed E-state index contributed by atoms with van der Waals surface area (Å²) in [6.07, 6.45) is 1.49. The summed E-state index contributed by atoms with van der Waals surface area (Å²) < 4.78 is 10.2. The molecule has 2 aromatic carbocycles. The fourth-order valence-electron chi connectivity index (χ4n) is 3.09. The molecule has 0 aliphatic carbocycles. The van der Waals surface area contributed by atoms with Gasteiger partial charge < -0.3 is 19.7 Å². The van der Waals surface area contributed by atoms with Gasteiger partial charge >= 0.3 is 5.97 Å². The number of benzene rings is 2. The summed E-state index contributed by atoms with van der Waals surface area (Å²) in [7, 11) is 1.58. The molecule has 29 heavy (non-hydrogen) atoms. The van der Waals surface area contributed by atoms with Gasteiger partial charge in [0.05, 0.1) is 12.7 Å². The van der Waals surface area contributed by atoms with Crippen molar-refractivity contribution in [2.45, 2.75) is 25.9 Å². The van der Waals surface area contributed by atoms with E-state index in [-0.39, 0.29) is 18.4 Å². The molecule has 1 aliphatic rings. The topological polar surface area (TPSA) is 84.9 Å². The van der Waals surface area contributed by atoms with E-state index in [1.807, 2.05) is 24.3 Å². The van der Waals surface area contributed by atoms with E-state index in [0.29, 0.717) is 30.8 Å². The minimum atomic E-state index is -0.565. The molecule has 0 bridgehead atoms. The number of nitrogens with zero attached hydrogens (tertiary/aromatic N) is 1. The molecule has 2 aromatic rings. The number of ether oxygens (including phenoxy) is 2. The Balaban J connectivity index is 1.43. The molecule has 1 heterocycles. The summed E-state index contributed by atoms with van der Waals surface area (Å²) in [6.45, 7) is 1.28. The van der Waals surface area contributed by atoms with Crippen LogP contribution in [0.15, 0.2) is 48.5 Å². The van der Waals surface area contributed by atoms with E-state index in [1.54, 1.807) is 36.3 Å². The Morgan fingerprint density at radius 1 is 1.10 bits per heavy atom. The number of amides is 2. The quantitative estimate of drug-likeness (QED) is 0.692. The second-order valence-electron chi connectivity index (χ2n) is 6.82. The van der Waals surface area contributed by atoms with E-state index >= 15 is 0 Å². The van der Waals surface area contributed by atoms with Gasteiger partial charge in [-0.25, -0.2) is 4.79 Å².